The molecule has 0 fully saturated rings. The van der Waals surface area contributed by atoms with E-state index in [1.165, 1.54) is 0 Å². The lowest BCUT2D eigenvalue weighted by Crippen LogP contribution is -2.17. The third-order valence-corrected chi connectivity index (χ3v) is 4.12. The highest BCUT2D eigenvalue weighted by molar-refractivity contribution is 14.1. The fourth-order valence-electron chi connectivity index (χ4n) is 2.63. The van der Waals surface area contributed by atoms with E-state index in [1.54, 1.807) is 4.68 Å². The quantitative estimate of drug-likeness (QED) is 0.614. The Morgan fingerprint density at radius 3 is 2.95 bits per heavy atom. The third kappa shape index (κ3) is 1.73. The molecule has 1 aliphatic heterocycles. The van der Waals surface area contributed by atoms with Crippen LogP contribution in [0.2, 0.25) is 0 Å². The van der Waals surface area contributed by atoms with Crippen molar-refractivity contribution >= 4 is 45.1 Å². The van der Waals surface area contributed by atoms with Gasteiger partial charge in [0.15, 0.2) is 0 Å². The van der Waals surface area contributed by atoms with Crippen molar-refractivity contribution in [2.24, 2.45) is 0 Å². The highest BCUT2D eigenvalue weighted by Gasteiger charge is 2.22. The molecule has 0 radical (unpaired) electrons. The zero-order valence-corrected chi connectivity index (χ0v) is 12.6. The molecule has 1 aromatic heterocycles. The molecular weight excluding hydrogens is 365 g/mol. The van der Waals surface area contributed by atoms with Gasteiger partial charge in [-0.3, -0.25) is 9.48 Å². The van der Waals surface area contributed by atoms with Crippen molar-refractivity contribution in [1.82, 2.24) is 9.78 Å². The molecule has 0 saturated heterocycles. The van der Waals surface area contributed by atoms with Gasteiger partial charge in [0.25, 0.3) is 0 Å². The highest BCUT2D eigenvalue weighted by Crippen LogP contribution is 2.36. The van der Waals surface area contributed by atoms with Crippen molar-refractivity contribution in [2.75, 3.05) is 5.32 Å². The molecule has 2 heterocycles. The summed E-state index contributed by atoms with van der Waals surface area (Å²) in [5.74, 6) is -0.0426. The average molecular weight is 375 g/mol. The van der Waals surface area contributed by atoms with E-state index in [2.05, 4.69) is 39.1 Å². The number of anilines is 1. The lowest BCUT2D eigenvalue weighted by atomic mass is 10.1. The minimum atomic E-state index is -0.0426. The summed E-state index contributed by atoms with van der Waals surface area (Å²) in [6.07, 6.45) is 0. The zero-order chi connectivity index (χ0) is 13.7. The van der Waals surface area contributed by atoms with Gasteiger partial charge in [0.05, 0.1) is 16.9 Å². The van der Waals surface area contributed by atoms with Gasteiger partial charge in [0.2, 0.25) is 5.91 Å². The summed E-state index contributed by atoms with van der Waals surface area (Å²) < 4.78 is 2.93. The molecule has 0 bridgehead atoms. The van der Waals surface area contributed by atoms with Gasteiger partial charge in [-0.25, -0.2) is 0 Å². The van der Waals surface area contributed by atoms with E-state index in [0.717, 1.165) is 31.4 Å². The molecule has 0 saturated carbocycles. The second-order valence-corrected chi connectivity index (χ2v) is 6.01. The van der Waals surface area contributed by atoms with Crippen molar-refractivity contribution in [3.8, 4) is 11.3 Å². The monoisotopic (exact) mass is 375 g/mol. The molecular formula is C15H10IN3O. The number of nitrogens with one attached hydrogen (secondary N) is 1. The van der Waals surface area contributed by atoms with Crippen LogP contribution in [0.1, 0.15) is 0 Å². The van der Waals surface area contributed by atoms with Crippen molar-refractivity contribution in [3.63, 3.8) is 0 Å². The van der Waals surface area contributed by atoms with E-state index in [4.69, 9.17) is 0 Å². The van der Waals surface area contributed by atoms with Crippen LogP contribution in [0, 0.1) is 3.57 Å². The minimum Gasteiger partial charge on any atom is -0.324 e. The Labute approximate surface area is 128 Å². The number of rotatable bonds is 0. The Hall–Kier alpha value is -1.89. The maximum atomic E-state index is 12.0. The van der Waals surface area contributed by atoms with Crippen LogP contribution < -0.4 is 5.32 Å². The molecule has 1 amide bonds. The number of nitrogens with zero attached hydrogens (tertiary/aromatic N) is 2. The van der Waals surface area contributed by atoms with Crippen LogP contribution >= 0.6 is 22.6 Å². The predicted molar refractivity (Wildman–Crippen MR) is 86.5 cm³/mol. The van der Waals surface area contributed by atoms with Crippen LogP contribution in [0.5, 0.6) is 0 Å². The van der Waals surface area contributed by atoms with E-state index in [1.807, 2.05) is 36.4 Å². The molecule has 5 heteroatoms. The molecule has 98 valence electrons. The van der Waals surface area contributed by atoms with Gasteiger partial charge >= 0.3 is 0 Å². The van der Waals surface area contributed by atoms with Crippen LogP contribution in [-0.2, 0) is 11.3 Å². The Morgan fingerprint density at radius 2 is 2.05 bits per heavy atom. The molecule has 2 aromatic carbocycles. The number of halogens is 1. The minimum absolute atomic E-state index is 0.0426. The lowest BCUT2D eigenvalue weighted by Gasteiger charge is -2.07. The first-order valence-corrected chi connectivity index (χ1v) is 7.35. The van der Waals surface area contributed by atoms with Crippen molar-refractivity contribution in [3.05, 3.63) is 46.0 Å². The number of carbonyl (C=O) groups is 1. The van der Waals surface area contributed by atoms with Crippen LogP contribution in [0.4, 0.5) is 5.69 Å². The Bertz CT molecular complexity index is 853. The summed E-state index contributed by atoms with van der Waals surface area (Å²) in [6, 6.07) is 14.0. The van der Waals surface area contributed by atoms with Crippen LogP contribution in [0.15, 0.2) is 42.5 Å². The van der Waals surface area contributed by atoms with E-state index >= 15 is 0 Å². The summed E-state index contributed by atoms with van der Waals surface area (Å²) in [6.45, 7) is 0.245. The van der Waals surface area contributed by atoms with Crippen LogP contribution in [-0.4, -0.2) is 15.7 Å². The van der Waals surface area contributed by atoms with Crippen LogP contribution in [0.25, 0.3) is 22.2 Å². The van der Waals surface area contributed by atoms with E-state index in [0.29, 0.717) is 0 Å². The largest absolute Gasteiger partial charge is 0.324 e. The first-order chi connectivity index (χ1) is 9.72. The van der Waals surface area contributed by atoms with Crippen molar-refractivity contribution in [1.29, 1.82) is 0 Å². The second-order valence-electron chi connectivity index (χ2n) is 4.76. The average Bonchev–Trinajstić information content (AvgIpc) is 2.72. The smallest absolute Gasteiger partial charge is 0.246 e. The number of hydrogen-bond acceptors (Lipinski definition) is 2. The van der Waals surface area contributed by atoms with Gasteiger partial charge in [0.1, 0.15) is 6.54 Å². The lowest BCUT2D eigenvalue weighted by molar-refractivity contribution is -0.116. The summed E-state index contributed by atoms with van der Waals surface area (Å²) in [7, 11) is 0. The normalized spacial score (nSPS) is 13.6. The molecule has 4 nitrogen and oxygen atoms in total. The standard InChI is InChI=1S/C15H10IN3O/c16-9-5-6-12-11(7-9)15-10-3-1-2-4-13(10)18-19(15)8-14(20)17-12/h1-7H,8H2,(H,17,20). The third-order valence-electron chi connectivity index (χ3n) is 3.45. The number of benzene rings is 2. The Morgan fingerprint density at radius 1 is 1.20 bits per heavy atom. The Kier molecular flexibility index (Phi) is 2.56. The number of amides is 1. The molecule has 0 atom stereocenters. The second kappa shape index (κ2) is 4.31. The maximum absolute atomic E-state index is 12.0. The number of carbonyl (C=O) groups excluding carboxylic acids is 1. The van der Waals surface area contributed by atoms with E-state index in [9.17, 15) is 4.79 Å². The van der Waals surface area contributed by atoms with Gasteiger partial charge in [-0.1, -0.05) is 18.2 Å². The molecule has 1 aliphatic rings. The van der Waals surface area contributed by atoms with Crippen molar-refractivity contribution < 1.29 is 4.79 Å². The molecule has 0 unspecified atom stereocenters. The SMILES string of the molecule is O=C1Cn2nc3ccccc3c2-c2cc(I)ccc2N1. The van der Waals surface area contributed by atoms with Gasteiger partial charge in [-0.05, 0) is 46.9 Å². The highest BCUT2D eigenvalue weighted by atomic mass is 127. The van der Waals surface area contributed by atoms with Gasteiger partial charge in [-0.2, -0.15) is 5.10 Å². The Balaban J connectivity index is 2.14. The van der Waals surface area contributed by atoms with E-state index in [-0.39, 0.29) is 12.5 Å². The predicted octanol–water partition coefficient (Wildman–Crippen LogP) is 3.26. The summed E-state index contributed by atoms with van der Waals surface area (Å²) in [5.41, 5.74) is 3.80. The topological polar surface area (TPSA) is 46.9 Å². The fourth-order valence-corrected chi connectivity index (χ4v) is 3.12. The summed E-state index contributed by atoms with van der Waals surface area (Å²) in [5, 5.41) is 8.57. The first kappa shape index (κ1) is 11.9. The maximum Gasteiger partial charge on any atom is 0.246 e. The fraction of sp³-hybridized carbons (Fsp3) is 0.0667. The molecule has 20 heavy (non-hydrogen) atoms. The number of aromatic nitrogens is 2. The molecule has 1 N–H and O–H groups in total. The van der Waals surface area contributed by atoms with Gasteiger partial charge < -0.3 is 5.32 Å². The number of fused-ring (bicyclic) bond motifs is 5. The number of hydrogen-bond donors (Lipinski definition) is 1. The molecule has 0 aliphatic carbocycles. The molecule has 0 spiro atoms. The molecule has 3 aromatic rings. The van der Waals surface area contributed by atoms with Crippen molar-refractivity contribution in [2.45, 2.75) is 6.54 Å². The summed E-state index contributed by atoms with van der Waals surface area (Å²) in [4.78, 5) is 12.0. The summed E-state index contributed by atoms with van der Waals surface area (Å²) >= 11 is 2.28. The molecule has 4 rings (SSSR count). The van der Waals surface area contributed by atoms with Crippen LogP contribution in [0.3, 0.4) is 0 Å². The van der Waals surface area contributed by atoms with Gasteiger partial charge in [0, 0.05) is 14.5 Å². The zero-order valence-electron chi connectivity index (χ0n) is 10.4. The first-order valence-electron chi connectivity index (χ1n) is 6.28. The van der Waals surface area contributed by atoms with Gasteiger partial charge in [-0.15, -0.1) is 0 Å². The van der Waals surface area contributed by atoms with E-state index < -0.39 is 0 Å².